The molecule has 0 aliphatic carbocycles. The summed E-state index contributed by atoms with van der Waals surface area (Å²) in [7, 11) is -1.93. The van der Waals surface area contributed by atoms with Gasteiger partial charge in [-0.15, -0.1) is 11.3 Å². The summed E-state index contributed by atoms with van der Waals surface area (Å²) in [6.07, 6.45) is 0. The molecule has 4 nitrogen and oxygen atoms in total. The lowest BCUT2D eigenvalue weighted by molar-refractivity contribution is 0.581. The minimum atomic E-state index is -3.69. The molecule has 2 N–H and O–H groups in total. The first kappa shape index (κ1) is 16.7. The second-order valence-corrected chi connectivity index (χ2v) is 7.89. The summed E-state index contributed by atoms with van der Waals surface area (Å²) < 4.78 is 27.3. The first-order valence-electron chi connectivity index (χ1n) is 6.08. The van der Waals surface area contributed by atoms with E-state index >= 15 is 0 Å². The highest BCUT2D eigenvalue weighted by molar-refractivity contribution is 7.89. The van der Waals surface area contributed by atoms with Gasteiger partial charge in [0.2, 0.25) is 10.0 Å². The molecule has 0 fully saturated rings. The molecule has 0 aliphatic rings. The molecule has 0 aliphatic heterocycles. The topological polar surface area (TPSA) is 58.2 Å². The number of benzene rings is 1. The Balaban J connectivity index is 2.28. The molecule has 1 aromatic carbocycles. The maximum Gasteiger partial charge on any atom is 0.242 e. The van der Waals surface area contributed by atoms with E-state index in [9.17, 15) is 8.42 Å². The molecule has 2 aromatic rings. The molecule has 2 rings (SSSR count). The first-order valence-corrected chi connectivity index (χ1v) is 9.20. The molecule has 0 amide bonds. The van der Waals surface area contributed by atoms with Gasteiger partial charge in [0.1, 0.15) is 4.90 Å². The summed E-state index contributed by atoms with van der Waals surface area (Å²) in [6, 6.07) is 6.69. The minimum Gasteiger partial charge on any atom is -0.316 e. The lowest BCUT2D eigenvalue weighted by Crippen LogP contribution is -2.23. The van der Waals surface area contributed by atoms with Crippen molar-refractivity contribution in [2.24, 2.45) is 0 Å². The Morgan fingerprint density at radius 1 is 1.19 bits per heavy atom. The van der Waals surface area contributed by atoms with Gasteiger partial charge >= 0.3 is 0 Å². The van der Waals surface area contributed by atoms with E-state index in [0.29, 0.717) is 17.1 Å². The predicted molar refractivity (Wildman–Crippen MR) is 87.6 cm³/mol. The minimum absolute atomic E-state index is 0.0374. The number of halogens is 2. The smallest absolute Gasteiger partial charge is 0.242 e. The van der Waals surface area contributed by atoms with Crippen LogP contribution in [0.15, 0.2) is 34.5 Å². The van der Waals surface area contributed by atoms with E-state index in [1.165, 1.54) is 23.5 Å². The van der Waals surface area contributed by atoms with E-state index in [4.69, 9.17) is 23.2 Å². The quantitative estimate of drug-likeness (QED) is 0.826. The van der Waals surface area contributed by atoms with E-state index in [1.807, 2.05) is 17.5 Å². The molecular formula is C13H14Cl2N2O2S2. The third kappa shape index (κ3) is 4.18. The Bertz CT molecular complexity index is 716. The summed E-state index contributed by atoms with van der Waals surface area (Å²) >= 11 is 13.6. The fraction of sp³-hybridized carbons (Fsp3) is 0.231. The van der Waals surface area contributed by atoms with Crippen LogP contribution in [0.2, 0.25) is 10.0 Å². The van der Waals surface area contributed by atoms with Gasteiger partial charge in [0.15, 0.2) is 0 Å². The van der Waals surface area contributed by atoms with Crippen molar-refractivity contribution in [2.75, 3.05) is 7.05 Å². The Morgan fingerprint density at radius 3 is 2.57 bits per heavy atom. The number of nitrogens with one attached hydrogen (secondary N) is 2. The van der Waals surface area contributed by atoms with Crippen molar-refractivity contribution in [2.45, 2.75) is 18.0 Å². The van der Waals surface area contributed by atoms with Crippen molar-refractivity contribution in [3.63, 3.8) is 0 Å². The van der Waals surface area contributed by atoms with Gasteiger partial charge in [-0.25, -0.2) is 13.1 Å². The van der Waals surface area contributed by atoms with Crippen molar-refractivity contribution >= 4 is 44.6 Å². The molecule has 0 saturated heterocycles. The molecule has 0 spiro atoms. The summed E-state index contributed by atoms with van der Waals surface area (Å²) in [5.74, 6) is 0. The highest BCUT2D eigenvalue weighted by Crippen LogP contribution is 2.28. The largest absolute Gasteiger partial charge is 0.316 e. The molecule has 21 heavy (non-hydrogen) atoms. The Hall–Kier alpha value is -0.630. The molecule has 1 aromatic heterocycles. The normalized spacial score (nSPS) is 11.8. The fourth-order valence-electron chi connectivity index (χ4n) is 1.76. The van der Waals surface area contributed by atoms with Crippen molar-refractivity contribution in [1.29, 1.82) is 0 Å². The van der Waals surface area contributed by atoms with Crippen LogP contribution in [-0.4, -0.2) is 15.5 Å². The Kier molecular flexibility index (Phi) is 5.65. The first-order chi connectivity index (χ1) is 9.94. The fourth-order valence-corrected chi connectivity index (χ4v) is 4.36. The summed E-state index contributed by atoms with van der Waals surface area (Å²) in [5.41, 5.74) is 0.681. The number of hydrogen-bond donors (Lipinski definition) is 2. The lowest BCUT2D eigenvalue weighted by atomic mass is 10.2. The molecule has 1 heterocycles. The average molecular weight is 365 g/mol. The third-order valence-electron chi connectivity index (χ3n) is 2.77. The summed E-state index contributed by atoms with van der Waals surface area (Å²) in [6.45, 7) is 0.698. The van der Waals surface area contributed by atoms with Gasteiger partial charge in [-0.1, -0.05) is 29.3 Å². The maximum atomic E-state index is 12.4. The van der Waals surface area contributed by atoms with Crippen LogP contribution in [0.1, 0.15) is 10.4 Å². The number of hydrogen-bond acceptors (Lipinski definition) is 4. The van der Waals surface area contributed by atoms with Crippen LogP contribution in [0.5, 0.6) is 0 Å². The molecule has 0 radical (unpaired) electrons. The van der Waals surface area contributed by atoms with E-state index in [-0.39, 0.29) is 16.5 Å². The highest BCUT2D eigenvalue weighted by atomic mass is 35.5. The molecule has 0 atom stereocenters. The number of rotatable bonds is 6. The number of sulfonamides is 1. The zero-order chi connectivity index (χ0) is 15.5. The maximum absolute atomic E-state index is 12.4. The zero-order valence-corrected chi connectivity index (χ0v) is 14.3. The van der Waals surface area contributed by atoms with Gasteiger partial charge in [0, 0.05) is 23.0 Å². The SMILES string of the molecule is CNCc1cc(S(=O)(=O)NCc2cccs2)c(Cl)cc1Cl. The summed E-state index contributed by atoms with van der Waals surface area (Å²) in [5, 5.41) is 5.38. The lowest BCUT2D eigenvalue weighted by Gasteiger charge is -2.11. The second kappa shape index (κ2) is 7.09. The monoisotopic (exact) mass is 364 g/mol. The van der Waals surface area contributed by atoms with Crippen LogP contribution < -0.4 is 10.0 Å². The third-order valence-corrected chi connectivity index (χ3v) is 5.87. The predicted octanol–water partition coefficient (Wildman–Crippen LogP) is 3.25. The van der Waals surface area contributed by atoms with E-state index in [1.54, 1.807) is 7.05 Å². The molecule has 114 valence electrons. The zero-order valence-electron chi connectivity index (χ0n) is 11.2. The van der Waals surface area contributed by atoms with Crippen LogP contribution in [-0.2, 0) is 23.1 Å². The van der Waals surface area contributed by atoms with Crippen molar-refractivity contribution in [3.8, 4) is 0 Å². The van der Waals surface area contributed by atoms with Gasteiger partial charge in [0.05, 0.1) is 5.02 Å². The Labute approximate surface area is 138 Å². The molecule has 0 bridgehead atoms. The van der Waals surface area contributed by atoms with Gasteiger partial charge < -0.3 is 5.32 Å². The van der Waals surface area contributed by atoms with E-state index < -0.39 is 10.0 Å². The van der Waals surface area contributed by atoms with Crippen LogP contribution in [0, 0.1) is 0 Å². The summed E-state index contributed by atoms with van der Waals surface area (Å²) in [4.78, 5) is 0.967. The molecular weight excluding hydrogens is 351 g/mol. The van der Waals surface area contributed by atoms with Crippen molar-refractivity contribution in [1.82, 2.24) is 10.0 Å². The van der Waals surface area contributed by atoms with Crippen molar-refractivity contribution in [3.05, 3.63) is 50.1 Å². The van der Waals surface area contributed by atoms with Gasteiger partial charge in [0.25, 0.3) is 0 Å². The van der Waals surface area contributed by atoms with Gasteiger partial charge in [-0.05, 0) is 36.2 Å². The Morgan fingerprint density at radius 2 is 1.95 bits per heavy atom. The molecule has 0 unspecified atom stereocenters. The highest BCUT2D eigenvalue weighted by Gasteiger charge is 2.20. The molecule has 0 saturated carbocycles. The van der Waals surface area contributed by atoms with Crippen LogP contribution in [0.3, 0.4) is 0 Å². The van der Waals surface area contributed by atoms with E-state index in [2.05, 4.69) is 10.0 Å². The van der Waals surface area contributed by atoms with Crippen LogP contribution >= 0.6 is 34.5 Å². The van der Waals surface area contributed by atoms with Crippen LogP contribution in [0.4, 0.5) is 0 Å². The van der Waals surface area contributed by atoms with Gasteiger partial charge in [-0.2, -0.15) is 0 Å². The van der Waals surface area contributed by atoms with Crippen LogP contribution in [0.25, 0.3) is 0 Å². The van der Waals surface area contributed by atoms with E-state index in [0.717, 1.165) is 4.88 Å². The second-order valence-electron chi connectivity index (χ2n) is 4.31. The standard InChI is InChI=1S/C13H14Cl2N2O2S2/c1-16-7-9-5-13(12(15)6-11(9)14)21(18,19)17-8-10-3-2-4-20-10/h2-6,16-17H,7-8H2,1H3. The number of thiophene rings is 1. The van der Waals surface area contributed by atoms with Crippen molar-refractivity contribution < 1.29 is 8.42 Å². The average Bonchev–Trinajstić information content (AvgIpc) is 2.93. The molecule has 8 heteroatoms. The van der Waals surface area contributed by atoms with Gasteiger partial charge in [-0.3, -0.25) is 0 Å².